The van der Waals surface area contributed by atoms with Gasteiger partial charge in [-0.05, 0) is 6.42 Å². The number of unbranched alkanes of at least 4 members (excludes halogenated alkanes) is 1. The van der Waals surface area contributed by atoms with E-state index in [1.165, 1.54) is 14.2 Å². The number of anilines is 1. The minimum Gasteiger partial charge on any atom is -0.467 e. The molecule has 0 saturated carbocycles. The highest BCUT2D eigenvalue weighted by atomic mass is 79.9. The molecule has 1 heterocycles. The molecular formula is C11H19BrN4O2. The van der Waals surface area contributed by atoms with Crippen molar-refractivity contribution in [2.24, 2.45) is 0 Å². The Morgan fingerprint density at radius 3 is 2.11 bits per heavy atom. The molecule has 0 aliphatic carbocycles. The molecule has 0 unspecified atom stereocenters. The average molecular weight is 319 g/mol. The fourth-order valence-corrected chi connectivity index (χ4v) is 1.84. The summed E-state index contributed by atoms with van der Waals surface area (Å²) in [7, 11) is 3.05. The van der Waals surface area contributed by atoms with E-state index in [0.717, 1.165) is 31.3 Å². The molecule has 1 aromatic rings. The van der Waals surface area contributed by atoms with E-state index in [4.69, 9.17) is 9.47 Å². The van der Waals surface area contributed by atoms with Gasteiger partial charge in [-0.25, -0.2) is 0 Å². The van der Waals surface area contributed by atoms with Crippen molar-refractivity contribution in [2.75, 3.05) is 37.5 Å². The van der Waals surface area contributed by atoms with E-state index in [1.807, 2.05) is 0 Å². The van der Waals surface area contributed by atoms with E-state index >= 15 is 0 Å². The largest absolute Gasteiger partial charge is 0.467 e. The predicted octanol–water partition coefficient (Wildman–Crippen LogP) is 1.89. The van der Waals surface area contributed by atoms with E-state index in [2.05, 4.69) is 42.7 Å². The van der Waals surface area contributed by atoms with Gasteiger partial charge in [0.25, 0.3) is 0 Å². The Labute approximate surface area is 116 Å². The first-order valence-electron chi connectivity index (χ1n) is 5.90. The second kappa shape index (κ2) is 8.07. The highest BCUT2D eigenvalue weighted by Crippen LogP contribution is 2.16. The molecule has 7 heteroatoms. The second-order valence-electron chi connectivity index (χ2n) is 3.64. The molecule has 0 aromatic carbocycles. The van der Waals surface area contributed by atoms with Crippen molar-refractivity contribution in [3.63, 3.8) is 0 Å². The predicted molar refractivity (Wildman–Crippen MR) is 73.8 cm³/mol. The maximum Gasteiger partial charge on any atom is 0.324 e. The van der Waals surface area contributed by atoms with Crippen LogP contribution >= 0.6 is 15.9 Å². The molecule has 0 atom stereocenters. The van der Waals surface area contributed by atoms with Crippen LogP contribution in [0.15, 0.2) is 0 Å². The Morgan fingerprint density at radius 2 is 1.67 bits per heavy atom. The van der Waals surface area contributed by atoms with E-state index in [0.29, 0.717) is 5.95 Å². The zero-order valence-electron chi connectivity index (χ0n) is 11.0. The Hall–Kier alpha value is -1.11. The Kier molecular flexibility index (Phi) is 6.70. The van der Waals surface area contributed by atoms with Gasteiger partial charge in [0.15, 0.2) is 0 Å². The van der Waals surface area contributed by atoms with E-state index in [1.54, 1.807) is 0 Å². The number of methoxy groups -OCH3 is 2. The van der Waals surface area contributed by atoms with Crippen LogP contribution in [-0.2, 0) is 0 Å². The van der Waals surface area contributed by atoms with Crippen molar-refractivity contribution >= 4 is 21.9 Å². The molecule has 0 radical (unpaired) electrons. The lowest BCUT2D eigenvalue weighted by Crippen LogP contribution is -2.28. The first-order valence-corrected chi connectivity index (χ1v) is 7.02. The van der Waals surface area contributed by atoms with E-state index in [9.17, 15) is 0 Å². The van der Waals surface area contributed by atoms with E-state index in [-0.39, 0.29) is 12.0 Å². The summed E-state index contributed by atoms with van der Waals surface area (Å²) in [5, 5.41) is 0.854. The van der Waals surface area contributed by atoms with Gasteiger partial charge in [0.05, 0.1) is 14.2 Å². The number of alkyl halides is 1. The van der Waals surface area contributed by atoms with Crippen LogP contribution in [0.25, 0.3) is 0 Å². The average Bonchev–Trinajstić information content (AvgIpc) is 2.42. The summed E-state index contributed by atoms with van der Waals surface area (Å²) in [6.45, 7) is 3.88. The molecular weight excluding hydrogens is 300 g/mol. The van der Waals surface area contributed by atoms with E-state index < -0.39 is 0 Å². The summed E-state index contributed by atoms with van der Waals surface area (Å²) in [5.41, 5.74) is 0. The normalized spacial score (nSPS) is 10.2. The zero-order chi connectivity index (χ0) is 13.4. The Bertz CT molecular complexity index is 343. The van der Waals surface area contributed by atoms with Gasteiger partial charge in [-0.15, -0.1) is 4.98 Å². The molecule has 18 heavy (non-hydrogen) atoms. The van der Waals surface area contributed by atoms with Crippen LogP contribution in [0.4, 0.5) is 5.95 Å². The van der Waals surface area contributed by atoms with Crippen molar-refractivity contribution in [2.45, 2.75) is 19.8 Å². The van der Waals surface area contributed by atoms with Crippen LogP contribution in [-0.4, -0.2) is 47.6 Å². The lowest BCUT2D eigenvalue weighted by atomic mass is 10.3. The van der Waals surface area contributed by atoms with Gasteiger partial charge in [0.1, 0.15) is 0 Å². The third-order valence-electron chi connectivity index (χ3n) is 2.37. The van der Waals surface area contributed by atoms with Gasteiger partial charge in [0, 0.05) is 18.4 Å². The van der Waals surface area contributed by atoms with Crippen LogP contribution in [0.3, 0.4) is 0 Å². The number of nitrogens with zero attached hydrogens (tertiary/aromatic N) is 4. The van der Waals surface area contributed by atoms with Crippen LogP contribution in [0.1, 0.15) is 19.8 Å². The first-order chi connectivity index (χ1) is 8.74. The number of rotatable bonds is 8. The molecule has 0 amide bonds. The van der Waals surface area contributed by atoms with Crippen molar-refractivity contribution in [3.05, 3.63) is 0 Å². The maximum absolute atomic E-state index is 5.05. The summed E-state index contributed by atoms with van der Waals surface area (Å²) in [6.07, 6.45) is 2.21. The monoisotopic (exact) mass is 318 g/mol. The Balaban J connectivity index is 2.93. The summed E-state index contributed by atoms with van der Waals surface area (Å²) >= 11 is 3.44. The lowest BCUT2D eigenvalue weighted by molar-refractivity contribution is 0.340. The highest BCUT2D eigenvalue weighted by Gasteiger charge is 2.13. The number of hydrogen-bond acceptors (Lipinski definition) is 6. The molecule has 0 N–H and O–H groups in total. The third-order valence-corrected chi connectivity index (χ3v) is 2.72. The minimum absolute atomic E-state index is 0.271. The highest BCUT2D eigenvalue weighted by molar-refractivity contribution is 9.09. The molecule has 0 bridgehead atoms. The zero-order valence-corrected chi connectivity index (χ0v) is 12.6. The van der Waals surface area contributed by atoms with Gasteiger partial charge in [-0.1, -0.05) is 29.3 Å². The Morgan fingerprint density at radius 1 is 1.06 bits per heavy atom. The van der Waals surface area contributed by atoms with Crippen LogP contribution in [0.5, 0.6) is 12.0 Å². The quantitative estimate of drug-likeness (QED) is 0.682. The van der Waals surface area contributed by atoms with Crippen molar-refractivity contribution in [1.82, 2.24) is 15.0 Å². The number of aromatic nitrogens is 3. The lowest BCUT2D eigenvalue weighted by Gasteiger charge is -2.21. The molecule has 1 aromatic heterocycles. The van der Waals surface area contributed by atoms with Crippen LogP contribution in [0.2, 0.25) is 0 Å². The summed E-state index contributed by atoms with van der Waals surface area (Å²) in [4.78, 5) is 14.6. The smallest absolute Gasteiger partial charge is 0.324 e. The SMILES string of the molecule is CCCCN(CCBr)c1nc(OC)nc(OC)n1. The van der Waals surface area contributed by atoms with Crippen molar-refractivity contribution in [1.29, 1.82) is 0 Å². The summed E-state index contributed by atoms with van der Waals surface area (Å²) in [5.74, 6) is 0.589. The molecule has 0 fully saturated rings. The minimum atomic E-state index is 0.271. The standard InChI is InChI=1S/C11H19BrN4O2/c1-4-5-7-16(8-6-12)9-13-10(17-2)15-11(14-9)18-3/h4-8H2,1-3H3. The van der Waals surface area contributed by atoms with Crippen molar-refractivity contribution < 1.29 is 9.47 Å². The van der Waals surface area contributed by atoms with Crippen LogP contribution in [0, 0.1) is 0 Å². The number of ether oxygens (including phenoxy) is 2. The molecule has 0 aliphatic rings. The van der Waals surface area contributed by atoms with Gasteiger partial charge in [-0.3, -0.25) is 0 Å². The first kappa shape index (κ1) is 14.9. The van der Waals surface area contributed by atoms with Gasteiger partial charge >= 0.3 is 12.0 Å². The molecule has 0 aliphatic heterocycles. The molecule has 1 rings (SSSR count). The third kappa shape index (κ3) is 4.29. The summed E-state index contributed by atoms with van der Waals surface area (Å²) in [6, 6.07) is 0.542. The second-order valence-corrected chi connectivity index (χ2v) is 4.43. The van der Waals surface area contributed by atoms with Crippen LogP contribution < -0.4 is 14.4 Å². The fraction of sp³-hybridized carbons (Fsp3) is 0.727. The van der Waals surface area contributed by atoms with Gasteiger partial charge in [0.2, 0.25) is 5.95 Å². The number of halogens is 1. The van der Waals surface area contributed by atoms with Crippen molar-refractivity contribution in [3.8, 4) is 12.0 Å². The van der Waals surface area contributed by atoms with Gasteiger partial charge in [-0.2, -0.15) is 9.97 Å². The fourth-order valence-electron chi connectivity index (χ4n) is 1.41. The molecule has 6 nitrogen and oxygen atoms in total. The van der Waals surface area contributed by atoms with Gasteiger partial charge < -0.3 is 14.4 Å². The topological polar surface area (TPSA) is 60.4 Å². The molecule has 102 valence electrons. The maximum atomic E-state index is 5.05. The summed E-state index contributed by atoms with van der Waals surface area (Å²) < 4.78 is 10.1. The molecule has 0 spiro atoms. The molecule has 0 saturated heterocycles. The number of hydrogen-bond donors (Lipinski definition) is 0.